The van der Waals surface area contributed by atoms with Gasteiger partial charge in [0.25, 0.3) is 0 Å². The van der Waals surface area contributed by atoms with Gasteiger partial charge in [-0.05, 0) is 22.3 Å². The Morgan fingerprint density at radius 2 is 1.21 bits per heavy atom. The number of benzene rings is 2. The lowest BCUT2D eigenvalue weighted by atomic mass is 10.1. The molecule has 0 fully saturated rings. The summed E-state index contributed by atoms with van der Waals surface area (Å²) < 4.78 is 0. The average Bonchev–Trinajstić information content (AvgIpc) is 2.62. The van der Waals surface area contributed by atoms with Crippen LogP contribution in [0.25, 0.3) is 12.2 Å². The van der Waals surface area contributed by atoms with Gasteiger partial charge >= 0.3 is 0 Å². The normalized spacial score (nSPS) is 10.8. The highest BCUT2D eigenvalue weighted by Crippen LogP contribution is 2.21. The topological polar surface area (TPSA) is 20.2 Å². The minimum atomic E-state index is -0.285. The van der Waals surface area contributed by atoms with E-state index in [2.05, 4.69) is 37.4 Å². The van der Waals surface area contributed by atoms with E-state index >= 15 is 0 Å². The Morgan fingerprint density at radius 3 is 1.62 bits per heavy atom. The van der Waals surface area contributed by atoms with Crippen molar-refractivity contribution < 1.29 is 5.11 Å². The molecule has 0 unspecified atom stereocenters. The van der Waals surface area contributed by atoms with E-state index in [0.29, 0.717) is 0 Å². The maximum atomic E-state index is 10.2. The van der Waals surface area contributed by atoms with Gasteiger partial charge in [0.15, 0.2) is 0 Å². The van der Waals surface area contributed by atoms with Crippen LogP contribution < -0.4 is 0 Å². The van der Waals surface area contributed by atoms with Gasteiger partial charge in [0.2, 0.25) is 0 Å². The fourth-order valence-electron chi connectivity index (χ4n) is 2.39. The van der Waals surface area contributed by atoms with Gasteiger partial charge in [0.1, 0.15) is 0 Å². The van der Waals surface area contributed by atoms with Crippen LogP contribution in [0.3, 0.4) is 0 Å². The Hall–Kier alpha value is -1.42. The largest absolute Gasteiger partial charge is 0.391 e. The summed E-state index contributed by atoms with van der Waals surface area (Å²) >= 11 is 3.54. The lowest BCUT2D eigenvalue weighted by Gasteiger charge is -2.12. The van der Waals surface area contributed by atoms with E-state index in [1.807, 2.05) is 36.4 Å². The molecule has 24 heavy (non-hydrogen) atoms. The van der Waals surface area contributed by atoms with Gasteiger partial charge < -0.3 is 5.11 Å². The van der Waals surface area contributed by atoms with Crippen molar-refractivity contribution in [3.8, 4) is 0 Å². The van der Waals surface area contributed by atoms with Crippen LogP contribution in [-0.2, 0) is 11.5 Å². The van der Waals surface area contributed by atoms with Crippen molar-refractivity contribution in [1.29, 1.82) is 0 Å². The van der Waals surface area contributed by atoms with Crippen molar-refractivity contribution in [3.05, 3.63) is 83.9 Å². The van der Waals surface area contributed by atoms with E-state index in [4.69, 9.17) is 0 Å². The molecule has 126 valence electrons. The first-order chi connectivity index (χ1) is 11.7. The summed E-state index contributed by atoms with van der Waals surface area (Å²) in [5.74, 6) is 3.32. The molecule has 0 aliphatic carbocycles. The summed E-state index contributed by atoms with van der Waals surface area (Å²) in [6.07, 6.45) is 3.49. The van der Waals surface area contributed by atoms with Crippen molar-refractivity contribution in [2.45, 2.75) is 17.6 Å². The smallest absolute Gasteiger partial charge is 0.0721 e. The molecule has 0 aliphatic heterocycles. The van der Waals surface area contributed by atoms with Gasteiger partial charge in [0, 0.05) is 23.0 Å². The molecular weight excluding hydrogens is 332 g/mol. The summed E-state index contributed by atoms with van der Waals surface area (Å²) in [5.41, 5.74) is 4.90. The molecule has 1 N–H and O–H groups in total. The highest BCUT2D eigenvalue weighted by Gasteiger charge is 2.07. The van der Waals surface area contributed by atoms with E-state index in [0.717, 1.165) is 23.0 Å². The summed E-state index contributed by atoms with van der Waals surface area (Å²) in [4.78, 5) is 0. The predicted octanol–water partition coefficient (Wildman–Crippen LogP) is 5.50. The molecule has 0 aromatic heterocycles. The average molecular weight is 357 g/mol. The molecular formula is C21H24OS2. The van der Waals surface area contributed by atoms with E-state index < -0.39 is 0 Å². The Bertz CT molecular complexity index is 609. The lowest BCUT2D eigenvalue weighted by molar-refractivity contribution is 0.225. The van der Waals surface area contributed by atoms with Gasteiger partial charge in [0.05, 0.1) is 6.10 Å². The number of aliphatic hydroxyl groups excluding tert-OH is 1. The quantitative estimate of drug-likeness (QED) is 0.607. The first-order valence-corrected chi connectivity index (χ1v) is 10.3. The molecule has 0 atom stereocenters. The third-order valence-electron chi connectivity index (χ3n) is 3.69. The Labute approximate surface area is 153 Å². The Balaban J connectivity index is 1.71. The molecule has 0 saturated heterocycles. The molecule has 2 aromatic rings. The maximum absolute atomic E-state index is 10.2. The molecule has 3 heteroatoms. The molecule has 0 radical (unpaired) electrons. The van der Waals surface area contributed by atoms with Crippen LogP contribution in [0, 0.1) is 0 Å². The number of rotatable bonds is 10. The van der Waals surface area contributed by atoms with Gasteiger partial charge in [-0.15, -0.1) is 0 Å². The Morgan fingerprint density at radius 1 is 0.792 bits per heavy atom. The first kappa shape index (κ1) is 18.9. The minimum absolute atomic E-state index is 0.285. The van der Waals surface area contributed by atoms with Crippen molar-refractivity contribution in [3.63, 3.8) is 0 Å². The summed E-state index contributed by atoms with van der Waals surface area (Å²) in [6, 6.07) is 16.5. The van der Waals surface area contributed by atoms with Crippen molar-refractivity contribution in [1.82, 2.24) is 0 Å². The molecule has 2 rings (SSSR count). The highest BCUT2D eigenvalue weighted by molar-refractivity contribution is 7.99. The molecule has 0 heterocycles. The summed E-state index contributed by atoms with van der Waals surface area (Å²) in [5, 5.41) is 10.2. The number of hydrogen-bond acceptors (Lipinski definition) is 3. The molecule has 0 saturated carbocycles. The van der Waals surface area contributed by atoms with Crippen molar-refractivity contribution in [2.24, 2.45) is 0 Å². The van der Waals surface area contributed by atoms with E-state index in [1.54, 1.807) is 23.5 Å². The summed E-state index contributed by atoms with van der Waals surface area (Å²) in [7, 11) is 0. The minimum Gasteiger partial charge on any atom is -0.391 e. The van der Waals surface area contributed by atoms with Gasteiger partial charge in [-0.25, -0.2) is 0 Å². The second-order valence-electron chi connectivity index (χ2n) is 5.49. The zero-order valence-electron chi connectivity index (χ0n) is 13.9. The van der Waals surface area contributed by atoms with E-state index in [9.17, 15) is 5.11 Å². The van der Waals surface area contributed by atoms with E-state index in [-0.39, 0.29) is 6.10 Å². The number of hydrogen-bond donors (Lipinski definition) is 1. The second kappa shape index (κ2) is 10.4. The van der Waals surface area contributed by atoms with E-state index in [1.165, 1.54) is 22.3 Å². The van der Waals surface area contributed by atoms with Crippen LogP contribution in [0.5, 0.6) is 0 Å². The van der Waals surface area contributed by atoms with Crippen LogP contribution in [-0.4, -0.2) is 22.7 Å². The first-order valence-electron chi connectivity index (χ1n) is 7.99. The van der Waals surface area contributed by atoms with Crippen molar-refractivity contribution >= 4 is 35.7 Å². The standard InChI is InChI=1S/C21H24OS2/c1-3-17-9-5-7-11-19(17)13-23-15-21(22)16-24-14-20-12-8-6-10-18(20)4-2/h3-12,21-22H,1-2,13-16H2. The molecule has 0 amide bonds. The van der Waals surface area contributed by atoms with Crippen LogP contribution in [0.1, 0.15) is 22.3 Å². The van der Waals surface area contributed by atoms with Gasteiger partial charge in [-0.2, -0.15) is 23.5 Å². The molecule has 2 aromatic carbocycles. The third kappa shape index (κ3) is 5.90. The number of aliphatic hydroxyl groups is 1. The fourth-order valence-corrected chi connectivity index (χ4v) is 4.52. The van der Waals surface area contributed by atoms with Crippen LogP contribution in [0.4, 0.5) is 0 Å². The van der Waals surface area contributed by atoms with Gasteiger partial charge in [-0.3, -0.25) is 0 Å². The fraction of sp³-hybridized carbons (Fsp3) is 0.238. The SMILES string of the molecule is C=Cc1ccccc1CSCC(O)CSCc1ccccc1C=C. The van der Waals surface area contributed by atoms with Crippen LogP contribution >= 0.6 is 23.5 Å². The molecule has 0 bridgehead atoms. The maximum Gasteiger partial charge on any atom is 0.0721 e. The highest BCUT2D eigenvalue weighted by atomic mass is 32.2. The van der Waals surface area contributed by atoms with Gasteiger partial charge in [-0.1, -0.05) is 73.8 Å². The zero-order chi connectivity index (χ0) is 17.2. The second-order valence-corrected chi connectivity index (χ2v) is 7.55. The summed E-state index contributed by atoms with van der Waals surface area (Å²) in [6.45, 7) is 7.70. The van der Waals surface area contributed by atoms with Crippen LogP contribution in [0.15, 0.2) is 61.7 Å². The molecule has 0 spiro atoms. The molecule has 1 nitrogen and oxygen atoms in total. The Kier molecular flexibility index (Phi) is 8.23. The number of thioether (sulfide) groups is 2. The molecule has 0 aliphatic rings. The van der Waals surface area contributed by atoms with Crippen LogP contribution in [0.2, 0.25) is 0 Å². The zero-order valence-corrected chi connectivity index (χ0v) is 15.5. The van der Waals surface area contributed by atoms with Crippen molar-refractivity contribution in [2.75, 3.05) is 11.5 Å². The lowest BCUT2D eigenvalue weighted by Crippen LogP contribution is -2.13. The third-order valence-corrected chi connectivity index (χ3v) is 5.96. The predicted molar refractivity (Wildman–Crippen MR) is 111 cm³/mol. The monoisotopic (exact) mass is 356 g/mol.